The molecule has 1 spiro atoms. The van der Waals surface area contributed by atoms with E-state index in [2.05, 4.69) is 12.2 Å². The van der Waals surface area contributed by atoms with Crippen LogP contribution in [0.15, 0.2) is 12.2 Å². The van der Waals surface area contributed by atoms with Crippen LogP contribution in [0.1, 0.15) is 39.0 Å². The van der Waals surface area contributed by atoms with E-state index in [4.69, 9.17) is 0 Å². The Balaban J connectivity index is 2.16. The van der Waals surface area contributed by atoms with Gasteiger partial charge in [-0.05, 0) is 44.4 Å². The monoisotopic (exact) mass is 314 g/mol. The number of nitrogens with zero attached hydrogens (tertiary/aromatic N) is 2. The molecule has 1 heterocycles. The zero-order valence-electron chi connectivity index (χ0n) is 13.2. The molecule has 2 aliphatic rings. The van der Waals surface area contributed by atoms with E-state index >= 15 is 0 Å². The molecule has 1 aliphatic heterocycles. The van der Waals surface area contributed by atoms with E-state index in [1.54, 1.807) is 18.4 Å². The van der Waals surface area contributed by atoms with E-state index in [0.29, 0.717) is 13.1 Å². The molecule has 0 aromatic rings. The molecule has 21 heavy (non-hydrogen) atoms. The first-order chi connectivity index (χ1) is 9.78. The number of allylic oxidation sites excluding steroid dienone is 2. The van der Waals surface area contributed by atoms with Gasteiger partial charge in [-0.25, -0.2) is 12.7 Å². The van der Waals surface area contributed by atoms with Crippen LogP contribution < -0.4 is 0 Å². The fraction of sp³-hybridized carbons (Fsp3) is 0.800. The maximum Gasteiger partial charge on any atom is 0.241 e. The molecule has 0 radical (unpaired) electrons. The van der Waals surface area contributed by atoms with Crippen molar-refractivity contribution in [2.45, 2.75) is 44.3 Å². The van der Waals surface area contributed by atoms with Gasteiger partial charge in [0.2, 0.25) is 15.9 Å². The molecule has 0 aromatic carbocycles. The Kier molecular flexibility index (Phi) is 4.78. The van der Waals surface area contributed by atoms with Gasteiger partial charge in [-0.1, -0.05) is 12.2 Å². The minimum atomic E-state index is -3.56. The van der Waals surface area contributed by atoms with Crippen LogP contribution in [0.5, 0.6) is 0 Å². The molecule has 0 bridgehead atoms. The molecule has 0 N–H and O–H groups in total. The number of hydrogen-bond acceptors (Lipinski definition) is 3. The Morgan fingerprint density at radius 1 is 1.29 bits per heavy atom. The van der Waals surface area contributed by atoms with Crippen LogP contribution in [0.3, 0.4) is 0 Å². The first-order valence-electron chi connectivity index (χ1n) is 7.64. The first-order valence-corrected chi connectivity index (χ1v) is 9.14. The number of carbonyl (C=O) groups is 1. The predicted octanol–water partition coefficient (Wildman–Crippen LogP) is 1.62. The maximum absolute atomic E-state index is 12.7. The predicted molar refractivity (Wildman–Crippen MR) is 83.3 cm³/mol. The van der Waals surface area contributed by atoms with Gasteiger partial charge >= 0.3 is 0 Å². The van der Waals surface area contributed by atoms with Crippen LogP contribution >= 0.6 is 0 Å². The summed E-state index contributed by atoms with van der Waals surface area (Å²) in [6, 6.07) is 0. The molecule has 120 valence electrons. The maximum atomic E-state index is 12.7. The minimum absolute atomic E-state index is 0.0843. The van der Waals surface area contributed by atoms with Crippen LogP contribution in [-0.2, 0) is 14.8 Å². The molecule has 1 amide bonds. The molecule has 1 saturated heterocycles. The molecule has 2 unspecified atom stereocenters. The summed E-state index contributed by atoms with van der Waals surface area (Å²) in [5.41, 5.74) is 0.0843. The van der Waals surface area contributed by atoms with Crippen molar-refractivity contribution >= 4 is 15.9 Å². The fourth-order valence-corrected chi connectivity index (χ4v) is 5.16. The van der Waals surface area contributed by atoms with E-state index in [1.807, 2.05) is 0 Å². The Labute approximate surface area is 128 Å². The average molecular weight is 314 g/mol. The lowest BCUT2D eigenvalue weighted by Crippen LogP contribution is -2.51. The van der Waals surface area contributed by atoms with Crippen LogP contribution in [-0.4, -0.2) is 56.0 Å². The van der Waals surface area contributed by atoms with Gasteiger partial charge in [0.15, 0.2) is 5.25 Å². The first kappa shape index (κ1) is 16.5. The number of amides is 1. The topological polar surface area (TPSA) is 57.7 Å². The molecule has 1 aliphatic carbocycles. The molecule has 0 saturated carbocycles. The number of hydrogen-bond donors (Lipinski definition) is 0. The smallest absolute Gasteiger partial charge is 0.241 e. The van der Waals surface area contributed by atoms with Gasteiger partial charge in [0.1, 0.15) is 0 Å². The van der Waals surface area contributed by atoms with Gasteiger partial charge < -0.3 is 4.90 Å². The molecule has 0 aromatic heterocycles. The van der Waals surface area contributed by atoms with Crippen molar-refractivity contribution in [2.75, 3.05) is 27.2 Å². The van der Waals surface area contributed by atoms with Crippen molar-refractivity contribution in [2.24, 2.45) is 5.41 Å². The van der Waals surface area contributed by atoms with Crippen molar-refractivity contribution in [1.82, 2.24) is 9.21 Å². The quantitative estimate of drug-likeness (QED) is 0.744. The number of carbonyl (C=O) groups excluding carboxylic acids is 1. The van der Waals surface area contributed by atoms with Gasteiger partial charge in [0, 0.05) is 27.2 Å². The summed E-state index contributed by atoms with van der Waals surface area (Å²) >= 11 is 0. The Hall–Kier alpha value is -0.880. The van der Waals surface area contributed by atoms with Crippen molar-refractivity contribution < 1.29 is 13.2 Å². The van der Waals surface area contributed by atoms with Crippen molar-refractivity contribution in [3.8, 4) is 0 Å². The number of rotatable bonds is 3. The van der Waals surface area contributed by atoms with E-state index in [-0.39, 0.29) is 11.3 Å². The van der Waals surface area contributed by atoms with E-state index < -0.39 is 15.3 Å². The lowest BCUT2D eigenvalue weighted by Gasteiger charge is -2.43. The summed E-state index contributed by atoms with van der Waals surface area (Å²) in [6.45, 7) is 2.60. The average Bonchev–Trinajstić information content (AvgIpc) is 2.46. The SMILES string of the molecule is CC(C(=O)N(C)C)S(=O)(=O)N1CCCC2(CC=CCC2)C1. The van der Waals surface area contributed by atoms with Crippen molar-refractivity contribution in [3.05, 3.63) is 12.2 Å². The molecule has 2 atom stereocenters. The summed E-state index contributed by atoms with van der Waals surface area (Å²) in [7, 11) is -0.373. The largest absolute Gasteiger partial charge is 0.348 e. The van der Waals surface area contributed by atoms with Crippen molar-refractivity contribution in [1.29, 1.82) is 0 Å². The summed E-state index contributed by atoms with van der Waals surface area (Å²) in [5.74, 6) is -0.349. The Bertz CT molecular complexity index is 527. The standard InChI is InChI=1S/C15H26N2O3S/c1-13(14(18)16(2)3)21(19,20)17-11-7-10-15(12-17)8-5-4-6-9-15/h4-5,13H,6-12H2,1-3H3. The Morgan fingerprint density at radius 2 is 2.00 bits per heavy atom. The third kappa shape index (κ3) is 3.31. The van der Waals surface area contributed by atoms with E-state index in [0.717, 1.165) is 32.1 Å². The second-order valence-electron chi connectivity index (χ2n) is 6.57. The normalized spacial score (nSPS) is 28.5. The summed E-state index contributed by atoms with van der Waals surface area (Å²) in [6.07, 6.45) is 9.35. The minimum Gasteiger partial charge on any atom is -0.348 e. The van der Waals surface area contributed by atoms with Crippen LogP contribution in [0.2, 0.25) is 0 Å². The summed E-state index contributed by atoms with van der Waals surface area (Å²) < 4.78 is 27.0. The highest BCUT2D eigenvalue weighted by molar-refractivity contribution is 7.90. The number of sulfonamides is 1. The fourth-order valence-electron chi connectivity index (χ4n) is 3.41. The number of piperidine rings is 1. The highest BCUT2D eigenvalue weighted by Crippen LogP contribution is 2.41. The zero-order chi connectivity index (χ0) is 15.7. The van der Waals surface area contributed by atoms with Crippen LogP contribution in [0.4, 0.5) is 0 Å². The molecule has 1 fully saturated rings. The van der Waals surface area contributed by atoms with Gasteiger partial charge in [0.05, 0.1) is 0 Å². The summed E-state index contributed by atoms with van der Waals surface area (Å²) in [4.78, 5) is 13.4. The van der Waals surface area contributed by atoms with E-state index in [1.165, 1.54) is 11.8 Å². The third-order valence-electron chi connectivity index (χ3n) is 4.78. The highest BCUT2D eigenvalue weighted by Gasteiger charge is 2.42. The second kappa shape index (κ2) is 6.08. The van der Waals surface area contributed by atoms with Gasteiger partial charge in [-0.3, -0.25) is 4.79 Å². The highest BCUT2D eigenvalue weighted by atomic mass is 32.2. The van der Waals surface area contributed by atoms with Gasteiger partial charge in [0.25, 0.3) is 0 Å². The lowest BCUT2D eigenvalue weighted by molar-refractivity contribution is -0.128. The second-order valence-corrected chi connectivity index (χ2v) is 8.82. The van der Waals surface area contributed by atoms with Crippen LogP contribution in [0, 0.1) is 5.41 Å². The van der Waals surface area contributed by atoms with Gasteiger partial charge in [-0.2, -0.15) is 0 Å². The molecule has 2 rings (SSSR count). The lowest BCUT2D eigenvalue weighted by atomic mass is 9.72. The van der Waals surface area contributed by atoms with Gasteiger partial charge in [-0.15, -0.1) is 0 Å². The molecule has 6 heteroatoms. The molecular weight excluding hydrogens is 288 g/mol. The van der Waals surface area contributed by atoms with Crippen molar-refractivity contribution in [3.63, 3.8) is 0 Å². The Morgan fingerprint density at radius 3 is 2.57 bits per heavy atom. The van der Waals surface area contributed by atoms with Crippen LogP contribution in [0.25, 0.3) is 0 Å². The summed E-state index contributed by atoms with van der Waals surface area (Å²) in [5, 5.41) is -0.998. The molecular formula is C15H26N2O3S. The zero-order valence-corrected chi connectivity index (χ0v) is 14.0. The van der Waals surface area contributed by atoms with E-state index in [9.17, 15) is 13.2 Å². The molecule has 5 nitrogen and oxygen atoms in total. The third-order valence-corrected chi connectivity index (χ3v) is 6.91.